The van der Waals surface area contributed by atoms with Crippen molar-refractivity contribution in [3.8, 4) is 17.1 Å². The van der Waals surface area contributed by atoms with Crippen molar-refractivity contribution in [2.75, 3.05) is 13.2 Å². The number of carbonyl (C=O) groups excluding carboxylic acids is 1. The van der Waals surface area contributed by atoms with E-state index in [4.69, 9.17) is 13.9 Å². The molecule has 4 nitrogen and oxygen atoms in total. The van der Waals surface area contributed by atoms with E-state index >= 15 is 0 Å². The molecule has 0 atom stereocenters. The first-order valence-electron chi connectivity index (χ1n) is 9.68. The molecule has 28 heavy (non-hydrogen) atoms. The Kier molecular flexibility index (Phi) is 6.90. The van der Waals surface area contributed by atoms with Gasteiger partial charge in [-0.1, -0.05) is 24.8 Å². The molecule has 1 heterocycles. The molecule has 0 radical (unpaired) electrons. The van der Waals surface area contributed by atoms with Gasteiger partial charge in [0, 0.05) is 16.5 Å². The Morgan fingerprint density at radius 3 is 2.39 bits per heavy atom. The van der Waals surface area contributed by atoms with Crippen LogP contribution in [0.2, 0.25) is 0 Å². The number of ether oxygens (including phenoxy) is 2. The third kappa shape index (κ3) is 5.49. The highest BCUT2D eigenvalue weighted by Gasteiger charge is 2.06. The lowest BCUT2D eigenvalue weighted by Crippen LogP contribution is -2.06. The van der Waals surface area contributed by atoms with Gasteiger partial charge >= 0.3 is 5.97 Å². The summed E-state index contributed by atoms with van der Waals surface area (Å²) >= 11 is 0. The van der Waals surface area contributed by atoms with Crippen LogP contribution in [0.3, 0.4) is 0 Å². The summed E-state index contributed by atoms with van der Waals surface area (Å²) < 4.78 is 16.8. The first-order chi connectivity index (χ1) is 13.6. The van der Waals surface area contributed by atoms with Crippen molar-refractivity contribution >= 4 is 16.9 Å². The van der Waals surface area contributed by atoms with Crippen molar-refractivity contribution in [2.24, 2.45) is 0 Å². The first kappa shape index (κ1) is 19.7. The molecule has 0 unspecified atom stereocenters. The minimum Gasteiger partial charge on any atom is -0.494 e. The van der Waals surface area contributed by atoms with Crippen LogP contribution in [0, 0.1) is 0 Å². The molecule has 0 saturated carbocycles. The number of fused-ring (bicyclic) bond motifs is 1. The van der Waals surface area contributed by atoms with Crippen LogP contribution in [0.5, 0.6) is 5.75 Å². The number of hydrogen-bond acceptors (Lipinski definition) is 4. The predicted octanol–water partition coefficient (Wildman–Crippen LogP) is 6.16. The fourth-order valence-corrected chi connectivity index (χ4v) is 2.88. The maximum atomic E-state index is 11.2. The van der Waals surface area contributed by atoms with Crippen LogP contribution in [-0.2, 0) is 9.53 Å². The normalized spacial score (nSPS) is 10.8. The third-order valence-corrected chi connectivity index (χ3v) is 4.45. The fourth-order valence-electron chi connectivity index (χ4n) is 2.88. The monoisotopic (exact) mass is 378 g/mol. The Bertz CT molecular complexity index is 888. The second-order valence-electron chi connectivity index (χ2n) is 6.85. The number of benzene rings is 2. The summed E-state index contributed by atoms with van der Waals surface area (Å²) in [5.41, 5.74) is 2.37. The average molecular weight is 378 g/mol. The van der Waals surface area contributed by atoms with Crippen LogP contribution in [0.15, 0.2) is 71.2 Å². The molecule has 0 bridgehead atoms. The van der Waals surface area contributed by atoms with Gasteiger partial charge in [-0.25, -0.2) is 4.79 Å². The van der Waals surface area contributed by atoms with E-state index in [1.807, 2.05) is 48.5 Å². The molecule has 146 valence electrons. The molecular weight excluding hydrogens is 352 g/mol. The smallest absolute Gasteiger partial charge is 0.333 e. The largest absolute Gasteiger partial charge is 0.494 e. The molecule has 0 aliphatic rings. The number of esters is 1. The average Bonchev–Trinajstić information content (AvgIpc) is 3.14. The van der Waals surface area contributed by atoms with Crippen molar-refractivity contribution < 1.29 is 18.7 Å². The van der Waals surface area contributed by atoms with Gasteiger partial charge < -0.3 is 13.9 Å². The quantitative estimate of drug-likeness (QED) is 0.241. The molecule has 4 heteroatoms. The molecule has 0 fully saturated rings. The standard InChI is InChI=1S/C24H26O4/c1-18(2)24(25)27-16-8-4-3-7-15-26-21-13-11-19(12-14-21)23-17-20-9-5-6-10-22(20)28-23/h5-6,9-14,17H,1,3-4,7-8,15-16H2,2H3. The summed E-state index contributed by atoms with van der Waals surface area (Å²) in [5, 5.41) is 1.10. The highest BCUT2D eigenvalue weighted by molar-refractivity contribution is 5.86. The Morgan fingerprint density at radius 1 is 0.964 bits per heavy atom. The second kappa shape index (κ2) is 9.79. The van der Waals surface area contributed by atoms with Crippen LogP contribution >= 0.6 is 0 Å². The number of rotatable bonds is 10. The number of furan rings is 1. The number of hydrogen-bond donors (Lipinski definition) is 0. The molecule has 1 aromatic heterocycles. The summed E-state index contributed by atoms with van der Waals surface area (Å²) in [4.78, 5) is 11.2. The van der Waals surface area contributed by atoms with Gasteiger partial charge in [-0.05, 0) is 69.0 Å². The van der Waals surface area contributed by atoms with Crippen molar-refractivity contribution in [1.29, 1.82) is 0 Å². The highest BCUT2D eigenvalue weighted by atomic mass is 16.5. The summed E-state index contributed by atoms with van der Waals surface area (Å²) in [6.45, 7) is 6.35. The van der Waals surface area contributed by atoms with E-state index in [2.05, 4.69) is 12.6 Å². The summed E-state index contributed by atoms with van der Waals surface area (Å²) in [7, 11) is 0. The van der Waals surface area contributed by atoms with Gasteiger partial charge in [0.2, 0.25) is 0 Å². The van der Waals surface area contributed by atoms with E-state index in [9.17, 15) is 4.79 Å². The molecule has 0 amide bonds. The third-order valence-electron chi connectivity index (χ3n) is 4.45. The van der Waals surface area contributed by atoms with Crippen LogP contribution < -0.4 is 4.74 Å². The first-order valence-corrected chi connectivity index (χ1v) is 9.68. The lowest BCUT2D eigenvalue weighted by Gasteiger charge is -2.07. The predicted molar refractivity (Wildman–Crippen MR) is 111 cm³/mol. The van der Waals surface area contributed by atoms with Gasteiger partial charge in [0.1, 0.15) is 17.1 Å². The van der Waals surface area contributed by atoms with Crippen LogP contribution in [0.4, 0.5) is 0 Å². The van der Waals surface area contributed by atoms with E-state index < -0.39 is 0 Å². The van der Waals surface area contributed by atoms with Gasteiger partial charge in [-0.3, -0.25) is 0 Å². The van der Waals surface area contributed by atoms with Crippen molar-refractivity contribution in [1.82, 2.24) is 0 Å². The van der Waals surface area contributed by atoms with Gasteiger partial charge in [-0.15, -0.1) is 0 Å². The molecule has 2 aromatic carbocycles. The molecule has 0 N–H and O–H groups in total. The van der Waals surface area contributed by atoms with E-state index in [1.54, 1.807) is 6.92 Å². The van der Waals surface area contributed by atoms with Gasteiger partial charge in [-0.2, -0.15) is 0 Å². The number of para-hydroxylation sites is 1. The van der Waals surface area contributed by atoms with E-state index in [1.165, 1.54) is 0 Å². The molecule has 0 aliphatic carbocycles. The molecule has 0 saturated heterocycles. The van der Waals surface area contributed by atoms with Gasteiger partial charge in [0.15, 0.2) is 0 Å². The molecular formula is C24H26O4. The number of carbonyl (C=O) groups is 1. The summed E-state index contributed by atoms with van der Waals surface area (Å²) in [6, 6.07) is 18.0. The Labute approximate surface area is 165 Å². The Balaban J connectivity index is 1.36. The van der Waals surface area contributed by atoms with Crippen molar-refractivity contribution in [3.63, 3.8) is 0 Å². The van der Waals surface area contributed by atoms with Crippen LogP contribution in [0.25, 0.3) is 22.3 Å². The maximum Gasteiger partial charge on any atom is 0.333 e. The topological polar surface area (TPSA) is 48.7 Å². The maximum absolute atomic E-state index is 11.2. The zero-order chi connectivity index (χ0) is 19.8. The SMILES string of the molecule is C=C(C)C(=O)OCCCCCCOc1ccc(-c2cc3ccccc3o2)cc1. The molecule has 0 spiro atoms. The van der Waals surface area contributed by atoms with E-state index in [0.29, 0.717) is 18.8 Å². The van der Waals surface area contributed by atoms with Crippen LogP contribution in [0.1, 0.15) is 32.6 Å². The minimum absolute atomic E-state index is 0.311. The Morgan fingerprint density at radius 2 is 1.68 bits per heavy atom. The zero-order valence-corrected chi connectivity index (χ0v) is 16.3. The minimum atomic E-state index is -0.311. The highest BCUT2D eigenvalue weighted by Crippen LogP contribution is 2.28. The lowest BCUT2D eigenvalue weighted by molar-refractivity contribution is -0.139. The van der Waals surface area contributed by atoms with E-state index in [-0.39, 0.29) is 5.97 Å². The number of unbranched alkanes of at least 4 members (excludes halogenated alkanes) is 3. The van der Waals surface area contributed by atoms with Crippen molar-refractivity contribution in [3.05, 3.63) is 66.7 Å². The Hall–Kier alpha value is -3.01. The van der Waals surface area contributed by atoms with E-state index in [0.717, 1.165) is 53.7 Å². The lowest BCUT2D eigenvalue weighted by atomic mass is 10.1. The zero-order valence-electron chi connectivity index (χ0n) is 16.3. The second-order valence-corrected chi connectivity index (χ2v) is 6.85. The fraction of sp³-hybridized carbons (Fsp3) is 0.292. The molecule has 3 rings (SSSR count). The molecule has 0 aliphatic heterocycles. The molecule has 3 aromatic rings. The van der Waals surface area contributed by atoms with Gasteiger partial charge in [0.05, 0.1) is 13.2 Å². The summed E-state index contributed by atoms with van der Waals surface area (Å²) in [5.74, 6) is 1.41. The van der Waals surface area contributed by atoms with Crippen LogP contribution in [-0.4, -0.2) is 19.2 Å². The van der Waals surface area contributed by atoms with Gasteiger partial charge in [0.25, 0.3) is 0 Å². The summed E-state index contributed by atoms with van der Waals surface area (Å²) in [6.07, 6.45) is 3.89. The van der Waals surface area contributed by atoms with Crippen molar-refractivity contribution in [2.45, 2.75) is 32.6 Å².